The molecule has 2 unspecified atom stereocenters. The zero-order chi connectivity index (χ0) is 13.1. The SMILES string of the molecule is CCC(O)c1noc(CC(C)CC(C)(C)C)n1. The van der Waals surface area contributed by atoms with Crippen molar-refractivity contribution in [2.24, 2.45) is 11.3 Å². The molecule has 0 saturated heterocycles. The zero-order valence-electron chi connectivity index (χ0n) is 11.5. The van der Waals surface area contributed by atoms with Gasteiger partial charge in [0, 0.05) is 6.42 Å². The second kappa shape index (κ2) is 5.63. The maximum absolute atomic E-state index is 9.58. The lowest BCUT2D eigenvalue weighted by molar-refractivity contribution is 0.159. The first-order chi connectivity index (χ1) is 7.81. The Labute approximate surface area is 103 Å². The maximum Gasteiger partial charge on any atom is 0.227 e. The van der Waals surface area contributed by atoms with Gasteiger partial charge in [0.25, 0.3) is 0 Å². The van der Waals surface area contributed by atoms with Crippen LogP contribution in [0.1, 0.15) is 65.3 Å². The summed E-state index contributed by atoms with van der Waals surface area (Å²) in [5, 5.41) is 13.4. The predicted molar refractivity (Wildman–Crippen MR) is 66.5 cm³/mol. The van der Waals surface area contributed by atoms with Crippen LogP contribution in [0.25, 0.3) is 0 Å². The predicted octanol–water partition coefficient (Wildman–Crippen LogP) is 3.13. The summed E-state index contributed by atoms with van der Waals surface area (Å²) in [6.07, 6.45) is 1.89. The van der Waals surface area contributed by atoms with E-state index in [1.54, 1.807) is 0 Å². The maximum atomic E-state index is 9.58. The van der Waals surface area contributed by atoms with E-state index in [2.05, 4.69) is 37.8 Å². The number of hydrogen-bond donors (Lipinski definition) is 1. The van der Waals surface area contributed by atoms with Crippen molar-refractivity contribution in [3.8, 4) is 0 Å². The monoisotopic (exact) mass is 240 g/mol. The minimum absolute atomic E-state index is 0.311. The molecule has 0 aliphatic carbocycles. The van der Waals surface area contributed by atoms with Gasteiger partial charge in [0.05, 0.1) is 0 Å². The van der Waals surface area contributed by atoms with Crippen molar-refractivity contribution in [3.05, 3.63) is 11.7 Å². The van der Waals surface area contributed by atoms with Gasteiger partial charge in [-0.25, -0.2) is 0 Å². The van der Waals surface area contributed by atoms with E-state index in [4.69, 9.17) is 4.52 Å². The van der Waals surface area contributed by atoms with E-state index in [1.165, 1.54) is 0 Å². The molecule has 1 aromatic heterocycles. The first-order valence-corrected chi connectivity index (χ1v) is 6.32. The molecule has 0 spiro atoms. The van der Waals surface area contributed by atoms with Gasteiger partial charge in [0.15, 0.2) is 5.82 Å². The Bertz CT molecular complexity index is 341. The fourth-order valence-electron chi connectivity index (χ4n) is 2.08. The number of aromatic nitrogens is 2. The van der Waals surface area contributed by atoms with E-state index in [-0.39, 0.29) is 0 Å². The highest BCUT2D eigenvalue weighted by Gasteiger charge is 2.19. The Morgan fingerprint density at radius 1 is 1.35 bits per heavy atom. The van der Waals surface area contributed by atoms with Gasteiger partial charge in [-0.2, -0.15) is 4.98 Å². The molecule has 0 amide bonds. The number of nitrogens with zero attached hydrogens (tertiary/aromatic N) is 2. The Morgan fingerprint density at radius 3 is 2.53 bits per heavy atom. The van der Waals surface area contributed by atoms with Gasteiger partial charge in [-0.15, -0.1) is 0 Å². The fourth-order valence-corrected chi connectivity index (χ4v) is 2.08. The summed E-state index contributed by atoms with van der Waals surface area (Å²) in [4.78, 5) is 4.22. The minimum atomic E-state index is -0.606. The fraction of sp³-hybridized carbons (Fsp3) is 0.846. The van der Waals surface area contributed by atoms with Crippen molar-refractivity contribution in [1.29, 1.82) is 0 Å². The highest BCUT2D eigenvalue weighted by molar-refractivity contribution is 4.91. The average Bonchev–Trinajstić information content (AvgIpc) is 2.62. The van der Waals surface area contributed by atoms with Crippen LogP contribution in [0, 0.1) is 11.3 Å². The van der Waals surface area contributed by atoms with Crippen molar-refractivity contribution >= 4 is 0 Å². The summed E-state index contributed by atoms with van der Waals surface area (Å²) >= 11 is 0. The third-order valence-electron chi connectivity index (χ3n) is 2.65. The van der Waals surface area contributed by atoms with Crippen LogP contribution in [0.4, 0.5) is 0 Å². The largest absolute Gasteiger partial charge is 0.385 e. The normalized spacial score (nSPS) is 15.9. The molecule has 0 radical (unpaired) electrons. The smallest absolute Gasteiger partial charge is 0.227 e. The van der Waals surface area contributed by atoms with Gasteiger partial charge >= 0.3 is 0 Å². The molecule has 4 heteroatoms. The second-order valence-corrected chi connectivity index (χ2v) is 6.04. The van der Waals surface area contributed by atoms with Crippen molar-refractivity contribution in [1.82, 2.24) is 10.1 Å². The van der Waals surface area contributed by atoms with Crippen LogP contribution in [-0.4, -0.2) is 15.2 Å². The molecule has 0 fully saturated rings. The van der Waals surface area contributed by atoms with Crippen LogP contribution in [-0.2, 0) is 6.42 Å². The molecule has 98 valence electrons. The van der Waals surface area contributed by atoms with Crippen LogP contribution in [0.5, 0.6) is 0 Å². The van der Waals surface area contributed by atoms with Crippen molar-refractivity contribution in [2.45, 2.75) is 60.0 Å². The Hall–Kier alpha value is -0.900. The molecule has 1 N–H and O–H groups in total. The summed E-state index contributed by atoms with van der Waals surface area (Å²) in [5.41, 5.74) is 0.311. The lowest BCUT2D eigenvalue weighted by atomic mass is 9.84. The molecular weight excluding hydrogens is 216 g/mol. The summed E-state index contributed by atoms with van der Waals surface area (Å²) in [6, 6.07) is 0. The van der Waals surface area contributed by atoms with E-state index in [9.17, 15) is 5.11 Å². The molecule has 1 heterocycles. The molecule has 0 aromatic carbocycles. The van der Waals surface area contributed by atoms with Gasteiger partial charge in [-0.1, -0.05) is 39.8 Å². The Kier molecular flexibility index (Phi) is 4.69. The molecule has 0 aliphatic rings. The molecule has 1 rings (SSSR count). The van der Waals surface area contributed by atoms with E-state index < -0.39 is 6.10 Å². The minimum Gasteiger partial charge on any atom is -0.385 e. The first-order valence-electron chi connectivity index (χ1n) is 6.32. The van der Waals surface area contributed by atoms with E-state index in [0.717, 1.165) is 12.8 Å². The van der Waals surface area contributed by atoms with Crippen LogP contribution in [0.3, 0.4) is 0 Å². The van der Waals surface area contributed by atoms with Crippen LogP contribution in [0.15, 0.2) is 4.52 Å². The average molecular weight is 240 g/mol. The lowest BCUT2D eigenvalue weighted by Gasteiger charge is -2.22. The third-order valence-corrected chi connectivity index (χ3v) is 2.65. The summed E-state index contributed by atoms with van der Waals surface area (Å²) in [7, 11) is 0. The van der Waals surface area contributed by atoms with Crippen molar-refractivity contribution in [3.63, 3.8) is 0 Å². The van der Waals surface area contributed by atoms with Crippen molar-refractivity contribution in [2.75, 3.05) is 0 Å². The van der Waals surface area contributed by atoms with Gasteiger partial charge < -0.3 is 9.63 Å². The summed E-state index contributed by atoms with van der Waals surface area (Å²) in [6.45, 7) is 10.8. The number of aliphatic hydroxyl groups excluding tert-OH is 1. The molecular formula is C13H24N2O2. The summed E-state index contributed by atoms with van der Waals surface area (Å²) < 4.78 is 5.15. The van der Waals surface area contributed by atoms with Crippen molar-refractivity contribution < 1.29 is 9.63 Å². The molecule has 17 heavy (non-hydrogen) atoms. The van der Waals surface area contributed by atoms with Crippen LogP contribution in [0.2, 0.25) is 0 Å². The highest BCUT2D eigenvalue weighted by atomic mass is 16.5. The third kappa shape index (κ3) is 4.86. The van der Waals surface area contributed by atoms with E-state index >= 15 is 0 Å². The van der Waals surface area contributed by atoms with Gasteiger partial charge in [0.2, 0.25) is 5.89 Å². The van der Waals surface area contributed by atoms with Gasteiger partial charge in [-0.3, -0.25) is 0 Å². The number of rotatable bonds is 5. The highest BCUT2D eigenvalue weighted by Crippen LogP contribution is 2.26. The molecule has 2 atom stereocenters. The number of hydrogen-bond acceptors (Lipinski definition) is 4. The van der Waals surface area contributed by atoms with Crippen LogP contribution < -0.4 is 0 Å². The number of aliphatic hydroxyl groups is 1. The second-order valence-electron chi connectivity index (χ2n) is 6.04. The molecule has 0 aliphatic heterocycles. The standard InChI is InChI=1S/C13H24N2O2/c1-6-10(16)12-14-11(17-15-12)7-9(2)8-13(3,4)5/h9-10,16H,6-8H2,1-5H3. The molecule has 1 aromatic rings. The van der Waals surface area contributed by atoms with E-state index in [1.807, 2.05) is 6.92 Å². The van der Waals surface area contributed by atoms with E-state index in [0.29, 0.717) is 29.5 Å². The zero-order valence-corrected chi connectivity index (χ0v) is 11.5. The topological polar surface area (TPSA) is 59.2 Å². The molecule has 0 bridgehead atoms. The lowest BCUT2D eigenvalue weighted by Crippen LogP contribution is -2.13. The quantitative estimate of drug-likeness (QED) is 0.859. The first kappa shape index (κ1) is 14.2. The van der Waals surface area contributed by atoms with Gasteiger partial charge in [-0.05, 0) is 24.2 Å². The van der Waals surface area contributed by atoms with Gasteiger partial charge in [0.1, 0.15) is 6.10 Å². The summed E-state index contributed by atoms with van der Waals surface area (Å²) in [5.74, 6) is 1.54. The molecule has 4 nitrogen and oxygen atoms in total. The Morgan fingerprint density at radius 2 is 2.00 bits per heavy atom. The molecule has 0 saturated carbocycles. The Balaban J connectivity index is 2.54. The van der Waals surface area contributed by atoms with Crippen LogP contribution >= 0.6 is 0 Å².